The van der Waals surface area contributed by atoms with E-state index in [0.717, 1.165) is 23.2 Å². The monoisotopic (exact) mass is 448 g/mol. The van der Waals surface area contributed by atoms with Crippen LogP contribution in [0, 0.1) is 11.8 Å². The van der Waals surface area contributed by atoms with Crippen LogP contribution in [-0.4, -0.2) is 76.7 Å². The highest BCUT2D eigenvalue weighted by atomic mass is 127. The van der Waals surface area contributed by atoms with Crippen LogP contribution in [-0.2, 0) is 9.47 Å². The van der Waals surface area contributed by atoms with Crippen molar-refractivity contribution in [2.75, 3.05) is 44.1 Å². The Morgan fingerprint density at radius 3 is 2.13 bits per heavy atom. The van der Waals surface area contributed by atoms with Gasteiger partial charge < -0.3 is 29.9 Å². The highest BCUT2D eigenvalue weighted by Gasteiger charge is 2.15. The molecule has 0 aliphatic rings. The summed E-state index contributed by atoms with van der Waals surface area (Å²) in [6, 6.07) is 0. The summed E-state index contributed by atoms with van der Waals surface area (Å²) in [6.45, 7) is 2.29. The average molecular weight is 448 g/mol. The van der Waals surface area contributed by atoms with Crippen LogP contribution in [0.1, 0.15) is 32.6 Å². The van der Waals surface area contributed by atoms with Crippen LogP contribution in [0.15, 0.2) is 0 Å². The number of alkyl halides is 1. The summed E-state index contributed by atoms with van der Waals surface area (Å²) in [5.74, 6) is 0.811. The molecule has 7 heteroatoms. The van der Waals surface area contributed by atoms with Gasteiger partial charge in [0.2, 0.25) is 0 Å². The molecule has 0 aromatic heterocycles. The normalized spacial score (nSPS) is 17.0. The lowest BCUT2D eigenvalue weighted by Crippen LogP contribution is -2.30. The first-order valence-electron chi connectivity index (χ1n) is 8.37. The van der Waals surface area contributed by atoms with Gasteiger partial charge in [0.25, 0.3) is 0 Å². The minimum atomic E-state index is -0.913. The molecule has 140 valence electrons. The molecular formula is C16H33IO6. The Labute approximate surface area is 153 Å². The molecule has 0 amide bonds. The molecule has 0 rings (SSSR count). The fraction of sp³-hybridized carbons (Fsp3) is 1.00. The van der Waals surface area contributed by atoms with Gasteiger partial charge in [0.05, 0.1) is 33.0 Å². The van der Waals surface area contributed by atoms with Crippen LogP contribution < -0.4 is 0 Å². The predicted octanol–water partition coefficient (Wildman–Crippen LogP) is 0.974. The van der Waals surface area contributed by atoms with Crippen molar-refractivity contribution in [3.63, 3.8) is 0 Å². The van der Waals surface area contributed by atoms with E-state index in [4.69, 9.17) is 14.6 Å². The van der Waals surface area contributed by atoms with E-state index in [1.807, 2.05) is 0 Å². The number of aliphatic hydroxyl groups is 4. The molecule has 4 unspecified atom stereocenters. The Morgan fingerprint density at radius 1 is 0.913 bits per heavy atom. The maximum Gasteiger partial charge on any atom is 0.104 e. The van der Waals surface area contributed by atoms with E-state index in [1.54, 1.807) is 0 Å². The second kappa shape index (κ2) is 16.0. The first kappa shape index (κ1) is 23.5. The van der Waals surface area contributed by atoms with Crippen molar-refractivity contribution in [1.82, 2.24) is 0 Å². The van der Waals surface area contributed by atoms with Crippen LogP contribution in [0.5, 0.6) is 0 Å². The van der Waals surface area contributed by atoms with Gasteiger partial charge in [-0.3, -0.25) is 0 Å². The van der Waals surface area contributed by atoms with E-state index >= 15 is 0 Å². The van der Waals surface area contributed by atoms with Crippen LogP contribution in [0.2, 0.25) is 0 Å². The second-order valence-corrected chi connectivity index (χ2v) is 6.80. The maximum absolute atomic E-state index is 9.44. The van der Waals surface area contributed by atoms with Crippen LogP contribution in [0.25, 0.3) is 0 Å². The Balaban J connectivity index is 3.91. The molecular weight excluding hydrogens is 415 g/mol. The fourth-order valence-corrected chi connectivity index (χ4v) is 3.19. The highest BCUT2D eigenvalue weighted by Crippen LogP contribution is 2.18. The zero-order chi connectivity index (χ0) is 17.5. The van der Waals surface area contributed by atoms with Crippen molar-refractivity contribution in [3.05, 3.63) is 0 Å². The zero-order valence-electron chi connectivity index (χ0n) is 14.1. The molecule has 6 nitrogen and oxygen atoms in total. The standard InChI is InChI=1S/C16H33IO6/c1-2-13(6-17)4-3-5-14(7-18)10-23-16(9-20)12-22-11-15(21)8-19/h13-16,18-21H,2-12H2,1H3. The number of hydrogen-bond donors (Lipinski definition) is 4. The summed E-state index contributed by atoms with van der Waals surface area (Å²) in [5, 5.41) is 36.6. The van der Waals surface area contributed by atoms with Crippen molar-refractivity contribution in [2.45, 2.75) is 44.8 Å². The van der Waals surface area contributed by atoms with Gasteiger partial charge >= 0.3 is 0 Å². The van der Waals surface area contributed by atoms with Crippen molar-refractivity contribution in [1.29, 1.82) is 0 Å². The number of halogens is 1. The lowest BCUT2D eigenvalue weighted by molar-refractivity contribution is -0.0754. The lowest BCUT2D eigenvalue weighted by Gasteiger charge is -2.21. The molecule has 0 spiro atoms. The summed E-state index contributed by atoms with van der Waals surface area (Å²) >= 11 is 2.42. The molecule has 23 heavy (non-hydrogen) atoms. The largest absolute Gasteiger partial charge is 0.396 e. The Bertz CT molecular complexity index is 253. The smallest absolute Gasteiger partial charge is 0.104 e. The third kappa shape index (κ3) is 12.5. The fourth-order valence-electron chi connectivity index (χ4n) is 2.13. The lowest BCUT2D eigenvalue weighted by atomic mass is 9.97. The highest BCUT2D eigenvalue weighted by molar-refractivity contribution is 14.1. The molecule has 0 aliphatic carbocycles. The number of hydrogen-bond acceptors (Lipinski definition) is 6. The summed E-state index contributed by atoms with van der Waals surface area (Å²) in [5.41, 5.74) is 0. The van der Waals surface area contributed by atoms with Gasteiger partial charge in [-0.05, 0) is 18.8 Å². The van der Waals surface area contributed by atoms with Crippen LogP contribution >= 0.6 is 22.6 Å². The molecule has 0 aliphatic heterocycles. The molecule has 0 radical (unpaired) electrons. The van der Waals surface area contributed by atoms with Crippen molar-refractivity contribution in [3.8, 4) is 0 Å². The van der Waals surface area contributed by atoms with Gasteiger partial charge in [-0.25, -0.2) is 0 Å². The van der Waals surface area contributed by atoms with Crippen LogP contribution in [0.3, 0.4) is 0 Å². The van der Waals surface area contributed by atoms with E-state index in [1.165, 1.54) is 12.8 Å². The minimum absolute atomic E-state index is 0.00843. The van der Waals surface area contributed by atoms with E-state index in [9.17, 15) is 15.3 Å². The SMILES string of the molecule is CCC(CI)CCCC(CO)COC(CO)COCC(O)CO. The maximum atomic E-state index is 9.44. The molecule has 0 heterocycles. The molecule has 0 saturated heterocycles. The zero-order valence-corrected chi connectivity index (χ0v) is 16.2. The molecule has 0 bridgehead atoms. The molecule has 4 N–H and O–H groups in total. The summed E-state index contributed by atoms with van der Waals surface area (Å²) in [4.78, 5) is 0. The van der Waals surface area contributed by atoms with Gasteiger partial charge in [-0.15, -0.1) is 0 Å². The van der Waals surface area contributed by atoms with Gasteiger partial charge in [-0.2, -0.15) is 0 Å². The van der Waals surface area contributed by atoms with E-state index < -0.39 is 12.2 Å². The number of ether oxygens (including phenoxy) is 2. The summed E-state index contributed by atoms with van der Waals surface area (Å²) in [6.07, 6.45) is 2.94. The second-order valence-electron chi connectivity index (χ2n) is 5.92. The molecule has 0 fully saturated rings. The molecule has 0 aromatic carbocycles. The average Bonchev–Trinajstić information content (AvgIpc) is 2.59. The third-order valence-corrected chi connectivity index (χ3v) is 5.12. The third-order valence-electron chi connectivity index (χ3n) is 3.87. The first-order valence-corrected chi connectivity index (χ1v) is 9.89. The van der Waals surface area contributed by atoms with Crippen molar-refractivity contribution >= 4 is 22.6 Å². The van der Waals surface area contributed by atoms with Gasteiger partial charge in [0.15, 0.2) is 0 Å². The molecule has 0 aromatic rings. The summed E-state index contributed by atoms with van der Waals surface area (Å²) < 4.78 is 11.9. The number of aliphatic hydroxyl groups excluding tert-OH is 4. The predicted molar refractivity (Wildman–Crippen MR) is 97.8 cm³/mol. The van der Waals surface area contributed by atoms with Gasteiger partial charge in [-0.1, -0.05) is 42.4 Å². The molecule has 4 atom stereocenters. The Hall–Kier alpha value is 0.490. The van der Waals surface area contributed by atoms with E-state index in [-0.39, 0.29) is 39.0 Å². The van der Waals surface area contributed by atoms with Crippen molar-refractivity contribution in [2.24, 2.45) is 11.8 Å². The topological polar surface area (TPSA) is 99.4 Å². The summed E-state index contributed by atoms with van der Waals surface area (Å²) in [7, 11) is 0. The van der Waals surface area contributed by atoms with Gasteiger partial charge in [0, 0.05) is 17.0 Å². The van der Waals surface area contributed by atoms with Gasteiger partial charge in [0.1, 0.15) is 12.2 Å². The Kier molecular flexibility index (Phi) is 16.3. The van der Waals surface area contributed by atoms with E-state index in [0.29, 0.717) is 6.61 Å². The van der Waals surface area contributed by atoms with E-state index in [2.05, 4.69) is 29.5 Å². The number of rotatable bonds is 16. The minimum Gasteiger partial charge on any atom is -0.396 e. The first-order chi connectivity index (χ1) is 11.1. The molecule has 0 saturated carbocycles. The quantitative estimate of drug-likeness (QED) is 0.208. The Morgan fingerprint density at radius 2 is 1.61 bits per heavy atom. The van der Waals surface area contributed by atoms with Crippen LogP contribution in [0.4, 0.5) is 0 Å². The van der Waals surface area contributed by atoms with Crippen molar-refractivity contribution < 1.29 is 29.9 Å².